The summed E-state index contributed by atoms with van der Waals surface area (Å²) in [5, 5.41) is 0. The molecule has 4 heterocycles. The van der Waals surface area contributed by atoms with Crippen molar-refractivity contribution in [1.29, 1.82) is 0 Å². The van der Waals surface area contributed by atoms with E-state index in [4.69, 9.17) is 23.7 Å². The van der Waals surface area contributed by atoms with Crippen molar-refractivity contribution in [2.45, 2.75) is 6.42 Å². The Kier molecular flexibility index (Phi) is 2.79. The Hall–Kier alpha value is -3.35. The monoisotopic (exact) mass is 365 g/mol. The lowest BCUT2D eigenvalue weighted by atomic mass is 9.93. The van der Waals surface area contributed by atoms with Crippen molar-refractivity contribution >= 4 is 17.4 Å². The summed E-state index contributed by atoms with van der Waals surface area (Å²) in [5.74, 6) is 2.61. The molecule has 4 aliphatic rings. The van der Waals surface area contributed by atoms with Crippen LogP contribution >= 0.6 is 0 Å². The van der Waals surface area contributed by atoms with E-state index in [1.165, 1.54) is 0 Å². The molecule has 0 saturated heterocycles. The number of carbonyl (C=O) groups is 1. The second kappa shape index (κ2) is 5.09. The minimum Gasteiger partial charge on any atom is -0.454 e. The van der Waals surface area contributed by atoms with E-state index in [1.54, 1.807) is 0 Å². The van der Waals surface area contributed by atoms with Crippen LogP contribution in [0, 0.1) is 0 Å². The summed E-state index contributed by atoms with van der Waals surface area (Å²) in [6.45, 7) is 1.14. The van der Waals surface area contributed by atoms with Crippen LogP contribution < -0.4 is 18.9 Å². The van der Waals surface area contributed by atoms with Crippen LogP contribution in [0.15, 0.2) is 24.3 Å². The number of rotatable bonds is 0. The summed E-state index contributed by atoms with van der Waals surface area (Å²) in [7, 11) is 1.99. The zero-order valence-corrected chi connectivity index (χ0v) is 14.5. The zero-order valence-electron chi connectivity index (χ0n) is 14.5. The van der Waals surface area contributed by atoms with E-state index in [9.17, 15) is 4.79 Å². The molecule has 0 atom stereocenters. The van der Waals surface area contributed by atoms with Gasteiger partial charge < -0.3 is 28.6 Å². The molecule has 7 heteroatoms. The highest BCUT2D eigenvalue weighted by molar-refractivity contribution is 6.10. The standard InChI is InChI=1S/C20H15NO6/c1-21-5-4-10-6-14-15(25-8-24-14)7-12(10)17(21)18-11-2-3-13-19(26-9-23-13)16(11)20(22)27-18/h2-3,6-7H,4-5,8-9H2,1H3. The van der Waals surface area contributed by atoms with Crippen molar-refractivity contribution in [1.82, 2.24) is 4.90 Å². The second-order valence-corrected chi connectivity index (χ2v) is 6.82. The lowest BCUT2D eigenvalue weighted by molar-refractivity contribution is 0.0711. The number of esters is 1. The number of likely N-dealkylation sites (N-methyl/N-ethyl adjacent to an activating group) is 1. The van der Waals surface area contributed by atoms with Gasteiger partial charge in [-0.1, -0.05) is 0 Å². The molecule has 136 valence electrons. The predicted molar refractivity (Wildman–Crippen MR) is 93.7 cm³/mol. The molecule has 2 aromatic carbocycles. The maximum atomic E-state index is 12.6. The molecule has 4 aliphatic heterocycles. The normalized spacial score (nSPS) is 21.2. The Morgan fingerprint density at radius 3 is 2.59 bits per heavy atom. The van der Waals surface area contributed by atoms with Crippen LogP contribution in [0.5, 0.6) is 23.0 Å². The second-order valence-electron chi connectivity index (χ2n) is 6.82. The third-order valence-electron chi connectivity index (χ3n) is 5.35. The largest absolute Gasteiger partial charge is 0.454 e. The fraction of sp³-hybridized carbons (Fsp3) is 0.250. The first-order valence-corrected chi connectivity index (χ1v) is 8.74. The summed E-state index contributed by atoms with van der Waals surface area (Å²) in [6.07, 6.45) is 0.876. The van der Waals surface area contributed by atoms with Gasteiger partial charge in [-0.05, 0) is 36.2 Å². The third kappa shape index (κ3) is 1.94. The molecule has 0 aromatic heterocycles. The Balaban J connectivity index is 1.60. The summed E-state index contributed by atoms with van der Waals surface area (Å²) in [5.41, 5.74) is 4.14. The molecule has 0 aliphatic carbocycles. The topological polar surface area (TPSA) is 66.5 Å². The quantitative estimate of drug-likeness (QED) is 0.665. The Labute approximate surface area is 154 Å². The van der Waals surface area contributed by atoms with Gasteiger partial charge in [-0.2, -0.15) is 0 Å². The molecule has 0 unspecified atom stereocenters. The number of carbonyl (C=O) groups excluding carboxylic acids is 1. The maximum Gasteiger partial charge on any atom is 0.348 e. The number of ether oxygens (including phenoxy) is 5. The van der Waals surface area contributed by atoms with E-state index < -0.39 is 5.97 Å². The van der Waals surface area contributed by atoms with Crippen LogP contribution in [0.2, 0.25) is 0 Å². The van der Waals surface area contributed by atoms with Crippen molar-refractivity contribution in [2.24, 2.45) is 0 Å². The number of hydrogen-bond donors (Lipinski definition) is 0. The van der Waals surface area contributed by atoms with E-state index in [0.29, 0.717) is 28.6 Å². The van der Waals surface area contributed by atoms with E-state index in [2.05, 4.69) is 4.90 Å². The van der Waals surface area contributed by atoms with Crippen LogP contribution in [-0.4, -0.2) is 38.0 Å². The van der Waals surface area contributed by atoms with Gasteiger partial charge in [0.25, 0.3) is 0 Å². The molecule has 0 radical (unpaired) electrons. The van der Waals surface area contributed by atoms with Crippen molar-refractivity contribution in [3.05, 3.63) is 46.5 Å². The van der Waals surface area contributed by atoms with Gasteiger partial charge in [0.2, 0.25) is 13.6 Å². The van der Waals surface area contributed by atoms with Gasteiger partial charge in [0.15, 0.2) is 28.8 Å². The minimum absolute atomic E-state index is 0.108. The highest BCUT2D eigenvalue weighted by Crippen LogP contribution is 2.48. The lowest BCUT2D eigenvalue weighted by Gasteiger charge is -2.31. The maximum absolute atomic E-state index is 12.6. The van der Waals surface area contributed by atoms with Crippen LogP contribution in [0.1, 0.15) is 27.0 Å². The van der Waals surface area contributed by atoms with Gasteiger partial charge in [0, 0.05) is 24.7 Å². The van der Waals surface area contributed by atoms with E-state index in [0.717, 1.165) is 41.1 Å². The first-order valence-electron chi connectivity index (χ1n) is 8.74. The minimum atomic E-state index is -0.420. The molecule has 6 rings (SSSR count). The zero-order chi connectivity index (χ0) is 18.1. The molecule has 0 bridgehead atoms. The first-order chi connectivity index (χ1) is 13.2. The summed E-state index contributed by atoms with van der Waals surface area (Å²) in [4.78, 5) is 14.7. The van der Waals surface area contributed by atoms with Gasteiger partial charge in [0.05, 0.1) is 5.70 Å². The fourth-order valence-corrected chi connectivity index (χ4v) is 4.05. The van der Waals surface area contributed by atoms with Gasteiger partial charge in [-0.25, -0.2) is 4.79 Å². The van der Waals surface area contributed by atoms with Crippen molar-refractivity contribution in [3.63, 3.8) is 0 Å². The molecule has 0 spiro atoms. The third-order valence-corrected chi connectivity index (χ3v) is 5.35. The van der Waals surface area contributed by atoms with Crippen LogP contribution in [0.4, 0.5) is 0 Å². The smallest absolute Gasteiger partial charge is 0.348 e. The van der Waals surface area contributed by atoms with Crippen molar-refractivity contribution in [3.8, 4) is 23.0 Å². The summed E-state index contributed by atoms with van der Waals surface area (Å²) >= 11 is 0. The fourth-order valence-electron chi connectivity index (χ4n) is 4.05. The average molecular weight is 365 g/mol. The molecule has 7 nitrogen and oxygen atoms in total. The number of benzene rings is 2. The van der Waals surface area contributed by atoms with E-state index in [1.807, 2.05) is 31.3 Å². The number of nitrogens with zero attached hydrogens (tertiary/aromatic N) is 1. The van der Waals surface area contributed by atoms with E-state index in [-0.39, 0.29) is 13.6 Å². The molecule has 2 aromatic rings. The van der Waals surface area contributed by atoms with Gasteiger partial charge in [-0.3, -0.25) is 0 Å². The molecule has 0 fully saturated rings. The van der Waals surface area contributed by atoms with Crippen molar-refractivity contribution < 1.29 is 28.5 Å². The summed E-state index contributed by atoms with van der Waals surface area (Å²) in [6, 6.07) is 7.65. The molecule has 27 heavy (non-hydrogen) atoms. The van der Waals surface area contributed by atoms with E-state index >= 15 is 0 Å². The Morgan fingerprint density at radius 2 is 1.70 bits per heavy atom. The molecule has 0 amide bonds. The molecular weight excluding hydrogens is 350 g/mol. The molecule has 0 saturated carbocycles. The van der Waals surface area contributed by atoms with Crippen LogP contribution in [-0.2, 0) is 11.2 Å². The molecular formula is C20H15NO6. The number of cyclic esters (lactones) is 1. The van der Waals surface area contributed by atoms with Crippen LogP contribution in [0.3, 0.4) is 0 Å². The predicted octanol–water partition coefficient (Wildman–Crippen LogP) is 2.63. The SMILES string of the molecule is CN1CCc2cc3c(cc2C1=C1OC(=O)c2c1ccc1c2OCO1)OCO3. The van der Waals surface area contributed by atoms with Crippen LogP contribution in [0.25, 0.3) is 11.5 Å². The van der Waals surface area contributed by atoms with Gasteiger partial charge >= 0.3 is 5.97 Å². The average Bonchev–Trinajstić information content (AvgIpc) is 3.38. The Bertz CT molecular complexity index is 1060. The Morgan fingerprint density at radius 1 is 0.926 bits per heavy atom. The first kappa shape index (κ1) is 14.8. The van der Waals surface area contributed by atoms with Gasteiger partial charge in [-0.15, -0.1) is 0 Å². The molecule has 0 N–H and O–H groups in total. The van der Waals surface area contributed by atoms with Crippen molar-refractivity contribution in [2.75, 3.05) is 27.2 Å². The number of fused-ring (bicyclic) bond motifs is 5. The highest BCUT2D eigenvalue weighted by Gasteiger charge is 2.38. The summed E-state index contributed by atoms with van der Waals surface area (Å²) < 4.78 is 27.7. The lowest BCUT2D eigenvalue weighted by Crippen LogP contribution is -2.26. The van der Waals surface area contributed by atoms with Gasteiger partial charge in [0.1, 0.15) is 5.56 Å². The highest BCUT2D eigenvalue weighted by atomic mass is 16.7. The number of hydrogen-bond acceptors (Lipinski definition) is 7.